The van der Waals surface area contributed by atoms with Crippen LogP contribution in [0.15, 0.2) is 18.3 Å². The molecule has 17 heavy (non-hydrogen) atoms. The molecule has 2 aromatic rings. The average molecular weight is 246 g/mol. The molecule has 1 fully saturated rings. The third-order valence-corrected chi connectivity index (χ3v) is 4.01. The van der Waals surface area contributed by atoms with Crippen molar-refractivity contribution in [1.29, 1.82) is 0 Å². The lowest BCUT2D eigenvalue weighted by Gasteiger charge is -2.23. The van der Waals surface area contributed by atoms with Crippen molar-refractivity contribution in [2.24, 2.45) is 0 Å². The van der Waals surface area contributed by atoms with Gasteiger partial charge in [0.15, 0.2) is 5.65 Å². The predicted molar refractivity (Wildman–Crippen MR) is 67.2 cm³/mol. The van der Waals surface area contributed by atoms with Crippen molar-refractivity contribution in [3.63, 3.8) is 0 Å². The van der Waals surface area contributed by atoms with Gasteiger partial charge in [0, 0.05) is 35.8 Å². The SMILES string of the molecule is Clc1cnc2nc3c(cc2c1)C1CCC(C3)N1. The normalized spacial score (nSPS) is 26.2. The molecule has 2 bridgehead atoms. The Kier molecular flexibility index (Phi) is 1.96. The van der Waals surface area contributed by atoms with E-state index in [1.54, 1.807) is 6.20 Å². The Morgan fingerprint density at radius 1 is 1.29 bits per heavy atom. The third kappa shape index (κ3) is 1.46. The van der Waals surface area contributed by atoms with Gasteiger partial charge in [-0.2, -0.15) is 0 Å². The number of fused-ring (bicyclic) bond motifs is 5. The summed E-state index contributed by atoms with van der Waals surface area (Å²) in [5.41, 5.74) is 3.38. The highest BCUT2D eigenvalue weighted by molar-refractivity contribution is 6.31. The van der Waals surface area contributed by atoms with Crippen molar-refractivity contribution in [3.8, 4) is 0 Å². The number of hydrogen-bond donors (Lipinski definition) is 1. The second kappa shape index (κ2) is 3.40. The summed E-state index contributed by atoms with van der Waals surface area (Å²) < 4.78 is 0. The van der Waals surface area contributed by atoms with Gasteiger partial charge in [-0.15, -0.1) is 0 Å². The van der Waals surface area contributed by atoms with Crippen LogP contribution in [0.2, 0.25) is 5.02 Å². The molecular weight excluding hydrogens is 234 g/mol. The zero-order chi connectivity index (χ0) is 11.4. The monoisotopic (exact) mass is 245 g/mol. The fourth-order valence-corrected chi connectivity index (χ4v) is 3.18. The van der Waals surface area contributed by atoms with Gasteiger partial charge in [0.2, 0.25) is 0 Å². The summed E-state index contributed by atoms with van der Waals surface area (Å²) >= 11 is 5.97. The molecule has 4 heteroatoms. The van der Waals surface area contributed by atoms with Crippen molar-refractivity contribution >= 4 is 22.6 Å². The Labute approximate surface area is 104 Å². The number of nitrogens with zero attached hydrogens (tertiary/aromatic N) is 2. The van der Waals surface area contributed by atoms with Gasteiger partial charge in [-0.25, -0.2) is 9.97 Å². The Morgan fingerprint density at radius 3 is 3.18 bits per heavy atom. The first kappa shape index (κ1) is 9.80. The Balaban J connectivity index is 1.97. The van der Waals surface area contributed by atoms with Gasteiger partial charge in [-0.3, -0.25) is 0 Å². The van der Waals surface area contributed by atoms with Crippen LogP contribution in [0, 0.1) is 0 Å². The van der Waals surface area contributed by atoms with E-state index in [-0.39, 0.29) is 0 Å². The molecule has 0 aromatic carbocycles. The van der Waals surface area contributed by atoms with Crippen LogP contribution in [0.1, 0.15) is 30.1 Å². The summed E-state index contributed by atoms with van der Waals surface area (Å²) in [6.07, 6.45) is 5.18. The van der Waals surface area contributed by atoms with Crippen molar-refractivity contribution in [3.05, 3.63) is 34.6 Å². The van der Waals surface area contributed by atoms with Crippen LogP contribution in [0.5, 0.6) is 0 Å². The van der Waals surface area contributed by atoms with E-state index >= 15 is 0 Å². The smallest absolute Gasteiger partial charge is 0.159 e. The highest BCUT2D eigenvalue weighted by atomic mass is 35.5. The number of halogens is 1. The first-order valence-corrected chi connectivity index (χ1v) is 6.38. The fraction of sp³-hybridized carbons (Fsp3) is 0.385. The molecule has 0 spiro atoms. The maximum Gasteiger partial charge on any atom is 0.159 e. The lowest BCUT2D eigenvalue weighted by atomic mass is 9.99. The molecule has 1 N–H and O–H groups in total. The summed E-state index contributed by atoms with van der Waals surface area (Å²) in [5, 5.41) is 5.35. The van der Waals surface area contributed by atoms with Crippen LogP contribution in [-0.4, -0.2) is 16.0 Å². The summed E-state index contributed by atoms with van der Waals surface area (Å²) in [6.45, 7) is 0. The van der Waals surface area contributed by atoms with Crippen molar-refractivity contribution in [2.75, 3.05) is 0 Å². The molecule has 2 aliphatic heterocycles. The van der Waals surface area contributed by atoms with Gasteiger partial charge in [0.25, 0.3) is 0 Å². The van der Waals surface area contributed by atoms with Gasteiger partial charge in [0.1, 0.15) is 0 Å². The van der Waals surface area contributed by atoms with Crippen LogP contribution in [0.3, 0.4) is 0 Å². The van der Waals surface area contributed by atoms with Gasteiger partial charge in [0.05, 0.1) is 5.02 Å². The van der Waals surface area contributed by atoms with Crippen LogP contribution in [-0.2, 0) is 6.42 Å². The Hall–Kier alpha value is -1.19. The van der Waals surface area contributed by atoms with E-state index in [4.69, 9.17) is 11.6 Å². The summed E-state index contributed by atoms with van der Waals surface area (Å²) in [7, 11) is 0. The van der Waals surface area contributed by atoms with E-state index in [9.17, 15) is 0 Å². The first-order chi connectivity index (χ1) is 8.29. The second-order valence-electron chi connectivity index (χ2n) is 4.92. The zero-order valence-electron chi connectivity index (χ0n) is 9.28. The molecule has 3 nitrogen and oxygen atoms in total. The number of aromatic nitrogens is 2. The van der Waals surface area contributed by atoms with Gasteiger partial charge in [-0.1, -0.05) is 11.6 Å². The minimum Gasteiger partial charge on any atom is -0.307 e. The number of nitrogens with one attached hydrogen (secondary N) is 1. The van der Waals surface area contributed by atoms with Crippen molar-refractivity contribution in [2.45, 2.75) is 31.3 Å². The second-order valence-corrected chi connectivity index (χ2v) is 5.36. The van der Waals surface area contributed by atoms with Crippen LogP contribution in [0.25, 0.3) is 11.0 Å². The lowest BCUT2D eigenvalue weighted by molar-refractivity contribution is 0.508. The van der Waals surface area contributed by atoms with E-state index in [1.807, 2.05) is 6.07 Å². The number of pyridine rings is 2. The number of hydrogen-bond acceptors (Lipinski definition) is 3. The molecule has 0 aliphatic carbocycles. The first-order valence-electron chi connectivity index (χ1n) is 6.01. The lowest BCUT2D eigenvalue weighted by Crippen LogP contribution is -2.32. The molecular formula is C13H12ClN3. The average Bonchev–Trinajstić information content (AvgIpc) is 2.71. The number of rotatable bonds is 0. The van der Waals surface area contributed by atoms with E-state index in [0.717, 1.165) is 17.5 Å². The highest BCUT2D eigenvalue weighted by Gasteiger charge is 2.33. The van der Waals surface area contributed by atoms with Gasteiger partial charge < -0.3 is 5.32 Å². The summed E-state index contributed by atoms with van der Waals surface area (Å²) in [6, 6.07) is 5.25. The molecule has 4 rings (SSSR count). The minimum atomic E-state index is 0.486. The molecule has 2 atom stereocenters. The van der Waals surface area contributed by atoms with E-state index < -0.39 is 0 Å². The molecule has 86 valence electrons. The molecule has 2 aromatic heterocycles. The highest BCUT2D eigenvalue weighted by Crippen LogP contribution is 2.36. The van der Waals surface area contributed by atoms with E-state index in [0.29, 0.717) is 17.1 Å². The third-order valence-electron chi connectivity index (χ3n) is 3.80. The molecule has 2 unspecified atom stereocenters. The van der Waals surface area contributed by atoms with Crippen LogP contribution in [0.4, 0.5) is 0 Å². The van der Waals surface area contributed by atoms with Crippen LogP contribution >= 0.6 is 11.6 Å². The molecule has 0 amide bonds. The standard InChI is InChI=1S/C13H12ClN3/c14-8-3-7-4-10-11-2-1-9(16-11)5-12(10)17-13(7)15-6-8/h3-4,6,9,11,16H,1-2,5H2. The van der Waals surface area contributed by atoms with Crippen molar-refractivity contribution < 1.29 is 0 Å². The maximum absolute atomic E-state index is 5.97. The molecule has 0 radical (unpaired) electrons. The van der Waals surface area contributed by atoms with Crippen molar-refractivity contribution in [1.82, 2.24) is 15.3 Å². The molecule has 0 saturated carbocycles. The largest absolute Gasteiger partial charge is 0.307 e. The topological polar surface area (TPSA) is 37.8 Å². The molecule has 1 saturated heterocycles. The predicted octanol–water partition coefficient (Wildman–Crippen LogP) is 2.63. The van der Waals surface area contributed by atoms with E-state index in [1.165, 1.54) is 24.1 Å². The summed E-state index contributed by atoms with van der Waals surface area (Å²) in [5.74, 6) is 0. The molecule has 4 heterocycles. The fourth-order valence-electron chi connectivity index (χ4n) is 3.01. The zero-order valence-corrected chi connectivity index (χ0v) is 10.0. The quantitative estimate of drug-likeness (QED) is 0.775. The minimum absolute atomic E-state index is 0.486. The Bertz CT molecular complexity index is 611. The van der Waals surface area contributed by atoms with Gasteiger partial charge in [-0.05, 0) is 30.5 Å². The molecule has 2 aliphatic rings. The van der Waals surface area contributed by atoms with E-state index in [2.05, 4.69) is 21.4 Å². The summed E-state index contributed by atoms with van der Waals surface area (Å²) in [4.78, 5) is 8.98. The maximum atomic E-state index is 5.97. The van der Waals surface area contributed by atoms with Gasteiger partial charge >= 0.3 is 0 Å². The van der Waals surface area contributed by atoms with Crippen LogP contribution < -0.4 is 5.32 Å². The Morgan fingerprint density at radius 2 is 2.24 bits per heavy atom.